The topological polar surface area (TPSA) is 33.2 Å². The van der Waals surface area contributed by atoms with Gasteiger partial charge in [-0.1, -0.05) is 12.1 Å². The number of carbonyl (C=O) groups is 1. The largest absolute Gasteiger partial charge is 0.339 e. The van der Waals surface area contributed by atoms with Crippen molar-refractivity contribution in [1.29, 1.82) is 0 Å². The molecule has 0 aliphatic carbocycles. The lowest BCUT2D eigenvalue weighted by atomic mass is 10.1. The zero-order chi connectivity index (χ0) is 12.3. The van der Waals surface area contributed by atoms with Crippen LogP contribution in [0.1, 0.15) is 36.6 Å². The summed E-state index contributed by atoms with van der Waals surface area (Å²) in [7, 11) is 1.87. The van der Waals surface area contributed by atoms with E-state index in [1.807, 2.05) is 24.2 Å². The molecule has 0 N–H and O–H groups in total. The highest BCUT2D eigenvalue weighted by molar-refractivity contribution is 5.78. The predicted octanol–water partition coefficient (Wildman–Crippen LogP) is 2.49. The van der Waals surface area contributed by atoms with Crippen molar-refractivity contribution in [1.82, 2.24) is 9.88 Å². The van der Waals surface area contributed by atoms with Crippen molar-refractivity contribution in [2.24, 2.45) is 0 Å². The monoisotopic (exact) mass is 230 g/mol. The molecule has 1 amide bonds. The Kier molecular flexibility index (Phi) is 3.57. The molecule has 0 saturated carbocycles. The third-order valence-corrected chi connectivity index (χ3v) is 3.33. The number of carbonyl (C=O) groups excluding carboxylic acids is 1. The molecule has 17 heavy (non-hydrogen) atoms. The first-order chi connectivity index (χ1) is 8.22. The van der Waals surface area contributed by atoms with Crippen molar-refractivity contribution >= 4 is 5.91 Å². The quantitative estimate of drug-likeness (QED) is 0.744. The molecule has 3 heteroatoms. The van der Waals surface area contributed by atoms with Crippen LogP contribution < -0.4 is 0 Å². The SMILES string of the molecule is C=CCCc1ccc([C@@H]2CCC(=O)N2C)cn1. The smallest absolute Gasteiger partial charge is 0.222 e. The summed E-state index contributed by atoms with van der Waals surface area (Å²) in [5.41, 5.74) is 2.22. The number of rotatable bonds is 4. The molecule has 1 aromatic rings. The summed E-state index contributed by atoms with van der Waals surface area (Å²) in [4.78, 5) is 17.7. The highest BCUT2D eigenvalue weighted by atomic mass is 16.2. The molecule has 1 atom stereocenters. The maximum Gasteiger partial charge on any atom is 0.222 e. The fraction of sp³-hybridized carbons (Fsp3) is 0.429. The van der Waals surface area contributed by atoms with Crippen LogP contribution in [0, 0.1) is 0 Å². The minimum atomic E-state index is 0.212. The predicted molar refractivity (Wildman–Crippen MR) is 67.5 cm³/mol. The molecule has 1 aromatic heterocycles. The van der Waals surface area contributed by atoms with E-state index in [0.717, 1.165) is 30.5 Å². The molecule has 1 saturated heterocycles. The fourth-order valence-electron chi connectivity index (χ4n) is 2.23. The van der Waals surface area contributed by atoms with Crippen LogP contribution in [0.3, 0.4) is 0 Å². The summed E-state index contributed by atoms with van der Waals surface area (Å²) in [5.74, 6) is 0.228. The molecular formula is C14H18N2O. The summed E-state index contributed by atoms with van der Waals surface area (Å²) < 4.78 is 0. The Morgan fingerprint density at radius 1 is 1.59 bits per heavy atom. The Bertz CT molecular complexity index is 411. The van der Waals surface area contributed by atoms with Crippen LogP contribution in [0.4, 0.5) is 0 Å². The average molecular weight is 230 g/mol. The van der Waals surface area contributed by atoms with Crippen LogP contribution >= 0.6 is 0 Å². The first-order valence-corrected chi connectivity index (χ1v) is 6.03. The molecule has 90 valence electrons. The summed E-state index contributed by atoms with van der Waals surface area (Å²) in [6, 6.07) is 4.35. The van der Waals surface area contributed by atoms with E-state index in [4.69, 9.17) is 0 Å². The van der Waals surface area contributed by atoms with Crippen molar-refractivity contribution in [2.45, 2.75) is 31.7 Å². The molecule has 2 heterocycles. The molecule has 2 rings (SSSR count). The van der Waals surface area contributed by atoms with E-state index in [2.05, 4.69) is 23.7 Å². The molecular weight excluding hydrogens is 212 g/mol. The summed E-state index contributed by atoms with van der Waals surface area (Å²) >= 11 is 0. The van der Waals surface area contributed by atoms with Gasteiger partial charge in [0.2, 0.25) is 5.91 Å². The maximum atomic E-state index is 11.5. The second-order valence-corrected chi connectivity index (χ2v) is 4.47. The number of hydrogen-bond acceptors (Lipinski definition) is 2. The first kappa shape index (κ1) is 11.8. The zero-order valence-corrected chi connectivity index (χ0v) is 10.2. The van der Waals surface area contributed by atoms with Gasteiger partial charge in [0.25, 0.3) is 0 Å². The van der Waals surface area contributed by atoms with Gasteiger partial charge in [-0.3, -0.25) is 9.78 Å². The summed E-state index contributed by atoms with van der Waals surface area (Å²) in [6.07, 6.45) is 7.25. The van der Waals surface area contributed by atoms with E-state index < -0.39 is 0 Å². The fourth-order valence-corrected chi connectivity index (χ4v) is 2.23. The van der Waals surface area contributed by atoms with Crippen LogP contribution in [0.15, 0.2) is 31.0 Å². The Morgan fingerprint density at radius 3 is 2.94 bits per heavy atom. The zero-order valence-electron chi connectivity index (χ0n) is 10.2. The third-order valence-electron chi connectivity index (χ3n) is 3.33. The van der Waals surface area contributed by atoms with Crippen LogP contribution in [0.2, 0.25) is 0 Å². The van der Waals surface area contributed by atoms with Crippen molar-refractivity contribution in [2.75, 3.05) is 7.05 Å². The molecule has 0 spiro atoms. The normalized spacial score (nSPS) is 19.7. The highest BCUT2D eigenvalue weighted by Crippen LogP contribution is 2.30. The van der Waals surface area contributed by atoms with Crippen molar-refractivity contribution in [3.63, 3.8) is 0 Å². The molecule has 0 unspecified atom stereocenters. The maximum absolute atomic E-state index is 11.5. The molecule has 1 aliphatic rings. The van der Waals surface area contributed by atoms with Crippen molar-refractivity contribution < 1.29 is 4.79 Å². The Hall–Kier alpha value is -1.64. The minimum Gasteiger partial charge on any atom is -0.339 e. The van der Waals surface area contributed by atoms with Gasteiger partial charge in [0.15, 0.2) is 0 Å². The van der Waals surface area contributed by atoms with Crippen LogP contribution in [-0.4, -0.2) is 22.8 Å². The van der Waals surface area contributed by atoms with Crippen LogP contribution in [0.5, 0.6) is 0 Å². The average Bonchev–Trinajstić information content (AvgIpc) is 2.68. The lowest BCUT2D eigenvalue weighted by molar-refractivity contribution is -0.127. The summed E-state index contributed by atoms with van der Waals surface area (Å²) in [6.45, 7) is 3.70. The van der Waals surface area contributed by atoms with Gasteiger partial charge in [-0.05, 0) is 30.9 Å². The molecule has 0 bridgehead atoms. The minimum absolute atomic E-state index is 0.212. The van der Waals surface area contributed by atoms with E-state index in [-0.39, 0.29) is 11.9 Å². The Labute approximate surface area is 102 Å². The number of aromatic nitrogens is 1. The molecule has 0 aromatic carbocycles. The van der Waals surface area contributed by atoms with E-state index in [1.54, 1.807) is 0 Å². The van der Waals surface area contributed by atoms with Gasteiger partial charge in [-0.25, -0.2) is 0 Å². The molecule has 1 aliphatic heterocycles. The van der Waals surface area contributed by atoms with Gasteiger partial charge < -0.3 is 4.90 Å². The van der Waals surface area contributed by atoms with Gasteiger partial charge in [0.1, 0.15) is 0 Å². The van der Waals surface area contributed by atoms with E-state index in [1.165, 1.54) is 0 Å². The lowest BCUT2D eigenvalue weighted by Gasteiger charge is -2.19. The Morgan fingerprint density at radius 2 is 2.41 bits per heavy atom. The van der Waals surface area contributed by atoms with E-state index >= 15 is 0 Å². The number of allylic oxidation sites excluding steroid dienone is 1. The number of pyridine rings is 1. The molecule has 1 fully saturated rings. The molecule has 0 radical (unpaired) electrons. The standard InChI is InChI=1S/C14H18N2O/c1-3-4-5-12-7-6-11(10-15-12)13-8-9-14(17)16(13)2/h3,6-7,10,13H,1,4-5,8-9H2,2H3/t13-/m0/s1. The highest BCUT2D eigenvalue weighted by Gasteiger charge is 2.28. The van der Waals surface area contributed by atoms with Gasteiger partial charge in [0, 0.05) is 25.4 Å². The second kappa shape index (κ2) is 5.13. The number of likely N-dealkylation sites (tertiary alicyclic amines) is 1. The van der Waals surface area contributed by atoms with E-state index in [0.29, 0.717) is 6.42 Å². The van der Waals surface area contributed by atoms with Crippen molar-refractivity contribution in [3.05, 3.63) is 42.2 Å². The number of aryl methyl sites for hydroxylation is 1. The van der Waals surface area contributed by atoms with Gasteiger partial charge in [-0.2, -0.15) is 0 Å². The van der Waals surface area contributed by atoms with Gasteiger partial charge >= 0.3 is 0 Å². The molecule has 3 nitrogen and oxygen atoms in total. The third kappa shape index (κ3) is 2.54. The van der Waals surface area contributed by atoms with Crippen molar-refractivity contribution in [3.8, 4) is 0 Å². The van der Waals surface area contributed by atoms with Crippen LogP contribution in [0.25, 0.3) is 0 Å². The Balaban J connectivity index is 2.07. The summed E-state index contributed by atoms with van der Waals surface area (Å²) in [5, 5.41) is 0. The number of nitrogens with zero attached hydrogens (tertiary/aromatic N) is 2. The first-order valence-electron chi connectivity index (χ1n) is 6.03. The van der Waals surface area contributed by atoms with Gasteiger partial charge in [-0.15, -0.1) is 6.58 Å². The van der Waals surface area contributed by atoms with Gasteiger partial charge in [0.05, 0.1) is 6.04 Å². The second-order valence-electron chi connectivity index (χ2n) is 4.47. The number of amides is 1. The number of hydrogen-bond donors (Lipinski definition) is 0. The van der Waals surface area contributed by atoms with E-state index in [9.17, 15) is 4.79 Å². The lowest BCUT2D eigenvalue weighted by Crippen LogP contribution is -2.22. The van der Waals surface area contributed by atoms with Crippen LogP contribution in [-0.2, 0) is 11.2 Å².